The van der Waals surface area contributed by atoms with Gasteiger partial charge in [-0.1, -0.05) is 30.3 Å². The largest absolute Gasteiger partial charge is 0.338 e. The molecule has 0 saturated carbocycles. The summed E-state index contributed by atoms with van der Waals surface area (Å²) in [7, 11) is 0. The zero-order valence-corrected chi connectivity index (χ0v) is 8.73. The van der Waals surface area contributed by atoms with Crippen LogP contribution < -0.4 is 5.73 Å². The summed E-state index contributed by atoms with van der Waals surface area (Å²) in [4.78, 5) is 13.7. The average Bonchev–Trinajstić information content (AvgIpc) is 2.62. The molecule has 0 bridgehead atoms. The van der Waals surface area contributed by atoms with Crippen LogP contribution >= 0.6 is 0 Å². The molecule has 3 nitrogen and oxygen atoms in total. The minimum Gasteiger partial charge on any atom is -0.338 e. The van der Waals surface area contributed by atoms with Crippen LogP contribution in [0.1, 0.15) is 12.0 Å². The Balaban J connectivity index is 2.00. The van der Waals surface area contributed by atoms with Gasteiger partial charge in [0.05, 0.1) is 5.92 Å². The predicted molar refractivity (Wildman–Crippen MR) is 59.0 cm³/mol. The van der Waals surface area contributed by atoms with E-state index in [0.717, 1.165) is 19.5 Å². The van der Waals surface area contributed by atoms with E-state index in [9.17, 15) is 4.79 Å². The number of carbonyl (C=O) groups excluding carboxylic acids is 1. The fourth-order valence-corrected chi connectivity index (χ4v) is 1.98. The SMILES string of the molecule is NCC1CCN(Cc2ccccc2)C1=O. The minimum atomic E-state index is 0.0497. The third kappa shape index (κ3) is 2.18. The Morgan fingerprint density at radius 3 is 2.67 bits per heavy atom. The Kier molecular flexibility index (Phi) is 3.02. The van der Waals surface area contributed by atoms with Crippen LogP contribution in [0.25, 0.3) is 0 Å². The van der Waals surface area contributed by atoms with Gasteiger partial charge in [-0.15, -0.1) is 0 Å². The molecule has 1 saturated heterocycles. The summed E-state index contributed by atoms with van der Waals surface area (Å²) in [6.45, 7) is 2.04. The lowest BCUT2D eigenvalue weighted by atomic mass is 10.1. The second-order valence-electron chi connectivity index (χ2n) is 3.97. The quantitative estimate of drug-likeness (QED) is 0.798. The minimum absolute atomic E-state index is 0.0497. The number of benzene rings is 1. The van der Waals surface area contributed by atoms with Gasteiger partial charge in [-0.2, -0.15) is 0 Å². The molecule has 1 atom stereocenters. The highest BCUT2D eigenvalue weighted by Gasteiger charge is 2.29. The zero-order valence-electron chi connectivity index (χ0n) is 8.73. The third-order valence-corrected chi connectivity index (χ3v) is 2.91. The molecule has 1 unspecified atom stereocenters. The van der Waals surface area contributed by atoms with Crippen molar-refractivity contribution < 1.29 is 4.79 Å². The van der Waals surface area contributed by atoms with E-state index in [1.54, 1.807) is 0 Å². The van der Waals surface area contributed by atoms with Gasteiger partial charge < -0.3 is 10.6 Å². The standard InChI is InChI=1S/C12H16N2O/c13-8-11-6-7-14(12(11)15)9-10-4-2-1-3-5-10/h1-5,11H,6-9,13H2. The molecule has 0 aliphatic carbocycles. The Morgan fingerprint density at radius 2 is 2.07 bits per heavy atom. The number of likely N-dealkylation sites (tertiary alicyclic amines) is 1. The van der Waals surface area contributed by atoms with Crippen molar-refractivity contribution in [3.05, 3.63) is 35.9 Å². The van der Waals surface area contributed by atoms with Gasteiger partial charge in [-0.25, -0.2) is 0 Å². The Hall–Kier alpha value is -1.35. The monoisotopic (exact) mass is 204 g/mol. The summed E-state index contributed by atoms with van der Waals surface area (Å²) in [5.41, 5.74) is 6.72. The summed E-state index contributed by atoms with van der Waals surface area (Å²) in [6, 6.07) is 10.1. The molecule has 1 heterocycles. The molecule has 1 amide bonds. The molecule has 1 aliphatic heterocycles. The van der Waals surface area contributed by atoms with Crippen molar-refractivity contribution >= 4 is 5.91 Å². The number of rotatable bonds is 3. The number of nitrogens with two attached hydrogens (primary N) is 1. The molecule has 1 aromatic carbocycles. The lowest BCUT2D eigenvalue weighted by Crippen LogP contribution is -2.29. The van der Waals surface area contributed by atoms with Crippen LogP contribution in [-0.4, -0.2) is 23.9 Å². The molecule has 80 valence electrons. The molecule has 3 heteroatoms. The fourth-order valence-electron chi connectivity index (χ4n) is 1.98. The molecule has 2 N–H and O–H groups in total. The number of nitrogens with zero attached hydrogens (tertiary/aromatic N) is 1. The number of hydrogen-bond donors (Lipinski definition) is 1. The second-order valence-corrected chi connectivity index (χ2v) is 3.97. The van der Waals surface area contributed by atoms with Crippen molar-refractivity contribution in [2.75, 3.05) is 13.1 Å². The normalized spacial score (nSPS) is 21.0. The molecular formula is C12H16N2O. The Bertz CT molecular complexity index is 337. The average molecular weight is 204 g/mol. The van der Waals surface area contributed by atoms with Crippen LogP contribution in [0.15, 0.2) is 30.3 Å². The molecule has 1 fully saturated rings. The van der Waals surface area contributed by atoms with Gasteiger partial charge in [0.15, 0.2) is 0 Å². The fraction of sp³-hybridized carbons (Fsp3) is 0.417. The first kappa shape index (κ1) is 10.2. The van der Waals surface area contributed by atoms with E-state index in [4.69, 9.17) is 5.73 Å². The van der Waals surface area contributed by atoms with E-state index in [0.29, 0.717) is 6.54 Å². The molecular weight excluding hydrogens is 188 g/mol. The highest BCUT2D eigenvalue weighted by molar-refractivity contribution is 5.81. The highest BCUT2D eigenvalue weighted by atomic mass is 16.2. The number of carbonyl (C=O) groups is 1. The van der Waals surface area contributed by atoms with Crippen molar-refractivity contribution in [1.82, 2.24) is 4.90 Å². The van der Waals surface area contributed by atoms with Gasteiger partial charge in [0, 0.05) is 19.6 Å². The van der Waals surface area contributed by atoms with Gasteiger partial charge in [-0.05, 0) is 12.0 Å². The van der Waals surface area contributed by atoms with Crippen LogP contribution in [0.5, 0.6) is 0 Å². The van der Waals surface area contributed by atoms with Crippen LogP contribution in [0.4, 0.5) is 0 Å². The molecule has 1 aromatic rings. The summed E-state index contributed by atoms with van der Waals surface area (Å²) in [5.74, 6) is 0.259. The highest BCUT2D eigenvalue weighted by Crippen LogP contribution is 2.19. The van der Waals surface area contributed by atoms with E-state index in [2.05, 4.69) is 0 Å². The molecule has 0 radical (unpaired) electrons. The molecule has 0 aromatic heterocycles. The van der Waals surface area contributed by atoms with E-state index >= 15 is 0 Å². The maximum atomic E-state index is 11.8. The summed E-state index contributed by atoms with van der Waals surface area (Å²) >= 11 is 0. The molecule has 1 aliphatic rings. The summed E-state index contributed by atoms with van der Waals surface area (Å²) in [6.07, 6.45) is 0.905. The lowest BCUT2D eigenvalue weighted by molar-refractivity contribution is -0.131. The third-order valence-electron chi connectivity index (χ3n) is 2.91. The van der Waals surface area contributed by atoms with Crippen LogP contribution in [-0.2, 0) is 11.3 Å². The number of amides is 1. The first-order chi connectivity index (χ1) is 7.31. The Morgan fingerprint density at radius 1 is 1.33 bits per heavy atom. The van der Waals surface area contributed by atoms with Crippen LogP contribution in [0, 0.1) is 5.92 Å². The van der Waals surface area contributed by atoms with Gasteiger partial charge in [0.2, 0.25) is 5.91 Å². The molecule has 15 heavy (non-hydrogen) atoms. The van der Waals surface area contributed by atoms with Gasteiger partial charge >= 0.3 is 0 Å². The lowest BCUT2D eigenvalue weighted by Gasteiger charge is -2.16. The van der Waals surface area contributed by atoms with E-state index in [1.165, 1.54) is 5.56 Å². The van der Waals surface area contributed by atoms with E-state index in [-0.39, 0.29) is 11.8 Å². The van der Waals surface area contributed by atoms with Crippen molar-refractivity contribution in [2.45, 2.75) is 13.0 Å². The topological polar surface area (TPSA) is 46.3 Å². The molecule has 2 rings (SSSR count). The smallest absolute Gasteiger partial charge is 0.227 e. The van der Waals surface area contributed by atoms with Crippen molar-refractivity contribution in [3.8, 4) is 0 Å². The van der Waals surface area contributed by atoms with Crippen LogP contribution in [0.3, 0.4) is 0 Å². The number of hydrogen-bond acceptors (Lipinski definition) is 2. The zero-order chi connectivity index (χ0) is 10.7. The van der Waals surface area contributed by atoms with E-state index < -0.39 is 0 Å². The first-order valence-electron chi connectivity index (χ1n) is 5.34. The first-order valence-corrected chi connectivity index (χ1v) is 5.34. The second kappa shape index (κ2) is 4.45. The van der Waals surface area contributed by atoms with Crippen molar-refractivity contribution in [3.63, 3.8) is 0 Å². The summed E-state index contributed by atoms with van der Waals surface area (Å²) < 4.78 is 0. The maximum Gasteiger partial charge on any atom is 0.227 e. The summed E-state index contributed by atoms with van der Waals surface area (Å²) in [5, 5.41) is 0. The van der Waals surface area contributed by atoms with Crippen molar-refractivity contribution in [2.24, 2.45) is 11.7 Å². The van der Waals surface area contributed by atoms with E-state index in [1.807, 2.05) is 35.2 Å². The predicted octanol–water partition coefficient (Wildman–Crippen LogP) is 0.994. The van der Waals surface area contributed by atoms with Crippen molar-refractivity contribution in [1.29, 1.82) is 0 Å². The molecule has 0 spiro atoms. The van der Waals surface area contributed by atoms with Gasteiger partial charge in [-0.3, -0.25) is 4.79 Å². The van der Waals surface area contributed by atoms with Gasteiger partial charge in [0.1, 0.15) is 0 Å². The van der Waals surface area contributed by atoms with Gasteiger partial charge in [0.25, 0.3) is 0 Å². The Labute approximate surface area is 89.9 Å². The van der Waals surface area contributed by atoms with Crippen LogP contribution in [0.2, 0.25) is 0 Å². The maximum absolute atomic E-state index is 11.8.